The third kappa shape index (κ3) is 2.98. The highest BCUT2D eigenvalue weighted by atomic mass is 35.5. The highest BCUT2D eigenvalue weighted by Gasteiger charge is 2.21. The zero-order chi connectivity index (χ0) is 14.1. The third-order valence-electron chi connectivity index (χ3n) is 3.85. The number of amides is 1. The van der Waals surface area contributed by atoms with Gasteiger partial charge in [0.1, 0.15) is 0 Å². The summed E-state index contributed by atoms with van der Waals surface area (Å²) in [4.78, 5) is 10.9. The van der Waals surface area contributed by atoms with E-state index in [0.717, 1.165) is 22.9 Å². The lowest BCUT2D eigenvalue weighted by Gasteiger charge is -2.07. The molecule has 1 N–H and O–H groups in total. The van der Waals surface area contributed by atoms with E-state index in [1.54, 1.807) is 0 Å². The van der Waals surface area contributed by atoms with Crippen LogP contribution in [0.5, 0.6) is 0 Å². The van der Waals surface area contributed by atoms with Gasteiger partial charge in [-0.3, -0.25) is 4.79 Å². The van der Waals surface area contributed by atoms with Crippen LogP contribution in [0.25, 0.3) is 10.9 Å². The first-order chi connectivity index (χ1) is 9.63. The van der Waals surface area contributed by atoms with Gasteiger partial charge in [-0.05, 0) is 36.8 Å². The van der Waals surface area contributed by atoms with Gasteiger partial charge in [-0.1, -0.05) is 23.7 Å². The van der Waals surface area contributed by atoms with E-state index in [1.807, 2.05) is 6.20 Å². The van der Waals surface area contributed by atoms with E-state index in [1.165, 1.54) is 37.3 Å². The number of carbonyl (C=O) groups is 1. The average Bonchev–Trinajstić information content (AvgIpc) is 3.15. The van der Waals surface area contributed by atoms with Crippen LogP contribution < -0.4 is 5.32 Å². The van der Waals surface area contributed by atoms with E-state index in [2.05, 4.69) is 28.1 Å². The molecule has 2 aromatic rings. The molecule has 0 atom stereocenters. The summed E-state index contributed by atoms with van der Waals surface area (Å²) in [7, 11) is 0. The lowest BCUT2D eigenvalue weighted by Crippen LogP contribution is -2.24. The van der Waals surface area contributed by atoms with E-state index in [0.29, 0.717) is 6.54 Å². The van der Waals surface area contributed by atoms with Gasteiger partial charge in [-0.2, -0.15) is 0 Å². The Morgan fingerprint density at radius 1 is 1.45 bits per heavy atom. The number of nitrogens with zero attached hydrogens (tertiary/aromatic N) is 1. The Kier molecular flexibility index (Phi) is 3.70. The number of aromatic nitrogens is 1. The van der Waals surface area contributed by atoms with Crippen molar-refractivity contribution in [2.45, 2.75) is 32.7 Å². The van der Waals surface area contributed by atoms with Crippen molar-refractivity contribution in [3.8, 4) is 0 Å². The van der Waals surface area contributed by atoms with Crippen LogP contribution in [0, 0.1) is 5.92 Å². The van der Waals surface area contributed by atoms with Crippen LogP contribution in [0.3, 0.4) is 0 Å². The molecule has 3 rings (SSSR count). The summed E-state index contributed by atoms with van der Waals surface area (Å²) < 4.78 is 2.13. The quantitative estimate of drug-likeness (QED) is 0.900. The van der Waals surface area contributed by atoms with E-state index in [4.69, 9.17) is 11.6 Å². The summed E-state index contributed by atoms with van der Waals surface area (Å²) in [6.07, 6.45) is 5.85. The smallest absolute Gasteiger partial charge is 0.216 e. The highest BCUT2D eigenvalue weighted by molar-refractivity contribution is 6.35. The summed E-state index contributed by atoms with van der Waals surface area (Å²) in [6, 6.07) is 6.54. The van der Waals surface area contributed by atoms with Crippen LogP contribution in [-0.2, 0) is 17.8 Å². The minimum atomic E-state index is 0.00183. The molecule has 106 valence electrons. The van der Waals surface area contributed by atoms with Crippen molar-refractivity contribution in [2.24, 2.45) is 5.92 Å². The van der Waals surface area contributed by atoms with Gasteiger partial charge >= 0.3 is 0 Å². The topological polar surface area (TPSA) is 34.0 Å². The van der Waals surface area contributed by atoms with Crippen LogP contribution in [0.4, 0.5) is 0 Å². The molecule has 1 saturated carbocycles. The molecule has 0 unspecified atom stereocenters. The van der Waals surface area contributed by atoms with Crippen LogP contribution in [0.2, 0.25) is 5.02 Å². The van der Waals surface area contributed by atoms with Gasteiger partial charge in [0, 0.05) is 37.1 Å². The second kappa shape index (κ2) is 5.49. The van der Waals surface area contributed by atoms with Gasteiger partial charge in [-0.25, -0.2) is 0 Å². The van der Waals surface area contributed by atoms with Gasteiger partial charge in [0.2, 0.25) is 5.91 Å². The van der Waals surface area contributed by atoms with E-state index < -0.39 is 0 Å². The largest absolute Gasteiger partial charge is 0.355 e. The minimum absolute atomic E-state index is 0.00183. The Bertz CT molecular complexity index is 643. The maximum Gasteiger partial charge on any atom is 0.216 e. The predicted molar refractivity (Wildman–Crippen MR) is 82.1 cm³/mol. The van der Waals surface area contributed by atoms with Crippen molar-refractivity contribution in [2.75, 3.05) is 6.54 Å². The molecule has 1 aromatic heterocycles. The van der Waals surface area contributed by atoms with Crippen molar-refractivity contribution in [1.29, 1.82) is 0 Å². The second-order valence-electron chi connectivity index (χ2n) is 5.65. The highest BCUT2D eigenvalue weighted by Crippen LogP contribution is 2.34. The van der Waals surface area contributed by atoms with Gasteiger partial charge in [-0.15, -0.1) is 0 Å². The van der Waals surface area contributed by atoms with Crippen molar-refractivity contribution in [1.82, 2.24) is 9.88 Å². The Morgan fingerprint density at radius 3 is 2.95 bits per heavy atom. The molecular formula is C16H19ClN2O. The number of fused-ring (bicyclic) bond motifs is 1. The first-order valence-corrected chi connectivity index (χ1v) is 7.53. The Morgan fingerprint density at radius 2 is 2.25 bits per heavy atom. The van der Waals surface area contributed by atoms with Crippen LogP contribution in [0.15, 0.2) is 24.4 Å². The molecular weight excluding hydrogens is 272 g/mol. The van der Waals surface area contributed by atoms with E-state index >= 15 is 0 Å². The van der Waals surface area contributed by atoms with Gasteiger partial charge < -0.3 is 9.88 Å². The fourth-order valence-corrected chi connectivity index (χ4v) is 2.89. The number of halogens is 1. The molecule has 0 radical (unpaired) electrons. The first kappa shape index (κ1) is 13.5. The number of benzene rings is 1. The number of carbonyl (C=O) groups excluding carboxylic acids is 1. The summed E-state index contributed by atoms with van der Waals surface area (Å²) in [5.41, 5.74) is 2.55. The van der Waals surface area contributed by atoms with Gasteiger partial charge in [0.05, 0.1) is 5.02 Å². The number of hydrogen-bond donors (Lipinski definition) is 1. The van der Waals surface area contributed by atoms with E-state index in [-0.39, 0.29) is 5.91 Å². The molecule has 1 fully saturated rings. The minimum Gasteiger partial charge on any atom is -0.355 e. The molecule has 1 aromatic carbocycles. The van der Waals surface area contributed by atoms with Crippen molar-refractivity contribution in [3.63, 3.8) is 0 Å². The van der Waals surface area contributed by atoms with Crippen molar-refractivity contribution in [3.05, 3.63) is 35.0 Å². The van der Waals surface area contributed by atoms with Crippen molar-refractivity contribution < 1.29 is 4.79 Å². The summed E-state index contributed by atoms with van der Waals surface area (Å²) >= 11 is 6.28. The summed E-state index contributed by atoms with van der Waals surface area (Å²) in [6.45, 7) is 2.91. The zero-order valence-electron chi connectivity index (χ0n) is 11.7. The third-order valence-corrected chi connectivity index (χ3v) is 4.15. The lowest BCUT2D eigenvalue weighted by molar-refractivity contribution is -0.118. The molecule has 1 amide bonds. The van der Waals surface area contributed by atoms with Crippen LogP contribution in [-0.4, -0.2) is 17.0 Å². The molecule has 1 aliphatic carbocycles. The van der Waals surface area contributed by atoms with Crippen molar-refractivity contribution >= 4 is 28.4 Å². The number of hydrogen-bond acceptors (Lipinski definition) is 1. The Hall–Kier alpha value is -1.48. The second-order valence-corrected chi connectivity index (χ2v) is 6.06. The molecule has 0 saturated heterocycles. The molecule has 1 aliphatic rings. The zero-order valence-corrected chi connectivity index (χ0v) is 12.4. The van der Waals surface area contributed by atoms with Gasteiger partial charge in [0.15, 0.2) is 0 Å². The lowest BCUT2D eigenvalue weighted by atomic mass is 10.1. The Labute approximate surface area is 123 Å². The molecule has 4 heteroatoms. The summed E-state index contributed by atoms with van der Waals surface area (Å²) in [5.74, 6) is 0.882. The first-order valence-electron chi connectivity index (χ1n) is 7.15. The SMILES string of the molecule is CC(=O)NCCn1cc(Cl)c2ccc(CC3CC3)cc21. The average molecular weight is 291 g/mol. The maximum absolute atomic E-state index is 10.9. The molecule has 3 nitrogen and oxygen atoms in total. The molecule has 0 aliphatic heterocycles. The maximum atomic E-state index is 10.9. The monoisotopic (exact) mass is 290 g/mol. The van der Waals surface area contributed by atoms with E-state index in [9.17, 15) is 4.79 Å². The summed E-state index contributed by atoms with van der Waals surface area (Å²) in [5, 5.41) is 4.69. The predicted octanol–water partition coefficient (Wildman–Crippen LogP) is 3.38. The number of nitrogens with one attached hydrogen (secondary N) is 1. The molecule has 0 spiro atoms. The fraction of sp³-hybridized carbons (Fsp3) is 0.438. The molecule has 20 heavy (non-hydrogen) atoms. The molecule has 1 heterocycles. The molecule has 0 bridgehead atoms. The Balaban J connectivity index is 1.83. The fourth-order valence-electron chi connectivity index (χ4n) is 2.61. The number of rotatable bonds is 5. The normalized spacial score (nSPS) is 14.7. The van der Waals surface area contributed by atoms with Crippen LogP contribution in [0.1, 0.15) is 25.3 Å². The van der Waals surface area contributed by atoms with Crippen LogP contribution >= 0.6 is 11.6 Å². The standard InChI is InChI=1S/C16H19ClN2O/c1-11(20)18-6-7-19-10-15(17)14-5-4-13(9-16(14)19)8-12-2-3-12/h4-5,9-10,12H,2-3,6-8H2,1H3,(H,18,20). The van der Waals surface area contributed by atoms with Gasteiger partial charge in [0.25, 0.3) is 0 Å².